The van der Waals surface area contributed by atoms with E-state index in [4.69, 9.17) is 0 Å². The van der Waals surface area contributed by atoms with Gasteiger partial charge in [-0.05, 0) is 19.9 Å². The number of hydrogen-bond donors (Lipinski definition) is 0. The molecular weight excluding hydrogens is 409 g/mol. The number of ether oxygens (including phenoxy) is 1. The summed E-state index contributed by atoms with van der Waals surface area (Å²) in [5.41, 5.74) is -0.281. The highest BCUT2D eigenvalue weighted by Gasteiger charge is 2.27. The summed E-state index contributed by atoms with van der Waals surface area (Å²) in [5.74, 6) is -7.40. The van der Waals surface area contributed by atoms with Gasteiger partial charge in [-0.2, -0.15) is 0 Å². The Morgan fingerprint density at radius 1 is 0.967 bits per heavy atom. The lowest BCUT2D eigenvalue weighted by atomic mass is 10.1. The van der Waals surface area contributed by atoms with Crippen molar-refractivity contribution in [3.8, 4) is 0 Å². The van der Waals surface area contributed by atoms with Crippen LogP contribution in [0.1, 0.15) is 16.7 Å². The highest BCUT2D eigenvalue weighted by Crippen LogP contribution is 2.24. The number of hydrogen-bond acceptors (Lipinski definition) is 3. The molecule has 162 valence electrons. The Balaban J connectivity index is 0.000000418. The Kier molecular flexibility index (Phi) is 9.67. The molecule has 1 aliphatic heterocycles. The SMILES string of the molecule is CF.Cc1c(F)c(F)c(F)c(/C=C/C(=O)N2CCOC2=O)c1F.Cc1ccccc1. The standard InChI is InChI=1S/C13H9F4NO3.C7H8.CH3F/c1-6-9(14)7(11(16)12(17)10(6)15)2-3-8(19)18-4-5-21-13(18)20;1-7-5-3-2-4-6-7;1-2/h2-3H,4-5H2,1H3;2-6H,1H3;1H3/b3-2+;;. The van der Waals surface area contributed by atoms with Crippen molar-refractivity contribution in [2.45, 2.75) is 13.8 Å². The fourth-order valence-corrected chi connectivity index (χ4v) is 2.29. The molecule has 0 spiro atoms. The van der Waals surface area contributed by atoms with Crippen LogP contribution in [0.2, 0.25) is 0 Å². The lowest BCUT2D eigenvalue weighted by molar-refractivity contribution is -0.122. The summed E-state index contributed by atoms with van der Waals surface area (Å²) in [6.07, 6.45) is 0.450. The van der Waals surface area contributed by atoms with Gasteiger partial charge in [0.2, 0.25) is 0 Å². The van der Waals surface area contributed by atoms with Gasteiger partial charge in [0, 0.05) is 17.2 Å². The van der Waals surface area contributed by atoms with Crippen LogP contribution < -0.4 is 0 Å². The Hall–Kier alpha value is -3.23. The number of benzene rings is 2. The third kappa shape index (κ3) is 6.13. The lowest BCUT2D eigenvalue weighted by Crippen LogP contribution is -2.29. The van der Waals surface area contributed by atoms with E-state index < -0.39 is 46.4 Å². The normalized spacial score (nSPS) is 12.7. The predicted molar refractivity (Wildman–Crippen MR) is 101 cm³/mol. The summed E-state index contributed by atoms with van der Waals surface area (Å²) in [6, 6.07) is 10.3. The van der Waals surface area contributed by atoms with E-state index in [0.717, 1.165) is 6.92 Å². The Morgan fingerprint density at radius 3 is 2.03 bits per heavy atom. The first-order chi connectivity index (χ1) is 14.2. The highest BCUT2D eigenvalue weighted by atomic mass is 19.2. The maximum absolute atomic E-state index is 13.7. The molecule has 2 amide bonds. The summed E-state index contributed by atoms with van der Waals surface area (Å²) in [5, 5.41) is 0. The first kappa shape index (κ1) is 24.8. The largest absolute Gasteiger partial charge is 0.447 e. The molecule has 0 radical (unpaired) electrons. The summed E-state index contributed by atoms with van der Waals surface area (Å²) in [6.45, 7) is 3.04. The van der Waals surface area contributed by atoms with Gasteiger partial charge in [0.05, 0.1) is 13.7 Å². The van der Waals surface area contributed by atoms with Gasteiger partial charge >= 0.3 is 6.09 Å². The van der Waals surface area contributed by atoms with E-state index in [1.165, 1.54) is 5.56 Å². The number of rotatable bonds is 2. The molecule has 1 saturated heterocycles. The molecule has 0 bridgehead atoms. The molecule has 2 aromatic rings. The minimum atomic E-state index is -1.83. The number of aryl methyl sites for hydroxylation is 1. The molecule has 9 heteroatoms. The zero-order chi connectivity index (χ0) is 22.8. The van der Waals surface area contributed by atoms with Crippen LogP contribution in [-0.2, 0) is 9.53 Å². The van der Waals surface area contributed by atoms with Gasteiger partial charge in [-0.25, -0.2) is 27.3 Å². The maximum Gasteiger partial charge on any atom is 0.416 e. The topological polar surface area (TPSA) is 46.6 Å². The molecule has 0 saturated carbocycles. The van der Waals surface area contributed by atoms with Crippen molar-refractivity contribution in [1.82, 2.24) is 4.90 Å². The number of carbonyl (C=O) groups excluding carboxylic acids is 2. The summed E-state index contributed by atoms with van der Waals surface area (Å²) in [4.78, 5) is 23.4. The molecule has 30 heavy (non-hydrogen) atoms. The number of carbonyl (C=O) groups is 2. The van der Waals surface area contributed by atoms with E-state index >= 15 is 0 Å². The van der Waals surface area contributed by atoms with Crippen molar-refractivity contribution in [2.75, 3.05) is 20.3 Å². The van der Waals surface area contributed by atoms with Crippen LogP contribution in [0.4, 0.5) is 26.7 Å². The smallest absolute Gasteiger partial charge is 0.416 e. The average molecular weight is 429 g/mol. The molecule has 1 heterocycles. The number of imide groups is 1. The lowest BCUT2D eigenvalue weighted by Gasteiger charge is -2.08. The van der Waals surface area contributed by atoms with Crippen molar-refractivity contribution >= 4 is 18.1 Å². The molecule has 2 aromatic carbocycles. The molecule has 1 fully saturated rings. The molecule has 4 nitrogen and oxygen atoms in total. The average Bonchev–Trinajstić information content (AvgIpc) is 3.19. The fraction of sp³-hybridized carbons (Fsp3) is 0.238. The molecule has 0 atom stereocenters. The van der Waals surface area contributed by atoms with Gasteiger partial charge in [0.25, 0.3) is 5.91 Å². The van der Waals surface area contributed by atoms with E-state index in [9.17, 15) is 31.5 Å². The minimum absolute atomic E-state index is 0.00375. The van der Waals surface area contributed by atoms with Crippen LogP contribution in [-0.4, -0.2) is 37.2 Å². The van der Waals surface area contributed by atoms with Crippen LogP contribution in [0.5, 0.6) is 0 Å². The molecule has 0 unspecified atom stereocenters. The molecule has 0 aromatic heterocycles. The van der Waals surface area contributed by atoms with Crippen molar-refractivity contribution in [1.29, 1.82) is 0 Å². The monoisotopic (exact) mass is 429 g/mol. The highest BCUT2D eigenvalue weighted by molar-refractivity contribution is 6.01. The van der Waals surface area contributed by atoms with Crippen LogP contribution >= 0.6 is 0 Å². The number of nitrogens with zero attached hydrogens (tertiary/aromatic N) is 1. The van der Waals surface area contributed by atoms with Crippen LogP contribution in [0.25, 0.3) is 6.08 Å². The van der Waals surface area contributed by atoms with Gasteiger partial charge in [0.1, 0.15) is 12.4 Å². The number of amides is 2. The summed E-state index contributed by atoms with van der Waals surface area (Å²) < 4.78 is 67.5. The first-order valence-electron chi connectivity index (χ1n) is 8.62. The van der Waals surface area contributed by atoms with Crippen LogP contribution in [0, 0.1) is 37.1 Å². The van der Waals surface area contributed by atoms with E-state index in [1.807, 2.05) is 18.2 Å². The van der Waals surface area contributed by atoms with Crippen molar-refractivity contribution in [3.05, 3.63) is 76.4 Å². The van der Waals surface area contributed by atoms with Gasteiger partial charge in [-0.3, -0.25) is 9.18 Å². The van der Waals surface area contributed by atoms with E-state index in [0.29, 0.717) is 24.2 Å². The number of alkyl halides is 1. The Bertz CT molecular complexity index is 888. The second-order valence-electron chi connectivity index (χ2n) is 5.89. The zero-order valence-corrected chi connectivity index (χ0v) is 16.5. The van der Waals surface area contributed by atoms with Crippen molar-refractivity contribution in [2.24, 2.45) is 0 Å². The molecule has 0 N–H and O–H groups in total. The van der Waals surface area contributed by atoms with Crippen LogP contribution in [0.15, 0.2) is 36.4 Å². The van der Waals surface area contributed by atoms with Crippen LogP contribution in [0.3, 0.4) is 0 Å². The van der Waals surface area contributed by atoms with Crippen molar-refractivity contribution in [3.63, 3.8) is 0 Å². The first-order valence-corrected chi connectivity index (χ1v) is 8.62. The van der Waals surface area contributed by atoms with Gasteiger partial charge in [-0.1, -0.05) is 35.9 Å². The number of halogens is 5. The quantitative estimate of drug-likeness (QED) is 0.288. The maximum atomic E-state index is 13.7. The third-order valence-electron chi connectivity index (χ3n) is 3.88. The number of cyclic esters (lactones) is 1. The fourth-order valence-electron chi connectivity index (χ4n) is 2.29. The predicted octanol–water partition coefficient (Wildman–Crippen LogP) is 5.12. The Labute approximate surface area is 170 Å². The molecule has 1 aliphatic rings. The minimum Gasteiger partial charge on any atom is -0.447 e. The third-order valence-corrected chi connectivity index (χ3v) is 3.88. The molecule has 0 aliphatic carbocycles. The molecular formula is C21H20F5NO3. The van der Waals surface area contributed by atoms with Crippen molar-refractivity contribution < 1.29 is 36.3 Å². The van der Waals surface area contributed by atoms with Gasteiger partial charge in [-0.15, -0.1) is 0 Å². The van der Waals surface area contributed by atoms with Gasteiger partial charge in [0.15, 0.2) is 17.5 Å². The van der Waals surface area contributed by atoms with E-state index in [2.05, 4.69) is 23.8 Å². The van der Waals surface area contributed by atoms with E-state index in [-0.39, 0.29) is 13.2 Å². The van der Waals surface area contributed by atoms with E-state index in [1.54, 1.807) is 0 Å². The summed E-state index contributed by atoms with van der Waals surface area (Å²) in [7, 11) is 0.500. The zero-order valence-electron chi connectivity index (χ0n) is 16.5. The van der Waals surface area contributed by atoms with Gasteiger partial charge < -0.3 is 4.74 Å². The second kappa shape index (κ2) is 11.7. The molecule has 3 rings (SSSR count). The summed E-state index contributed by atoms with van der Waals surface area (Å²) >= 11 is 0. The Morgan fingerprint density at radius 2 is 1.57 bits per heavy atom. The second-order valence-corrected chi connectivity index (χ2v) is 5.89.